The maximum Gasteiger partial charge on any atom is 0.274 e. The summed E-state index contributed by atoms with van der Waals surface area (Å²) in [6, 6.07) is 15.5. The van der Waals surface area contributed by atoms with Gasteiger partial charge in [0, 0.05) is 18.1 Å². The second kappa shape index (κ2) is 5.96. The smallest absolute Gasteiger partial charge is 0.274 e. The number of hydrogen-bond donors (Lipinski definition) is 1. The van der Waals surface area contributed by atoms with E-state index in [9.17, 15) is 4.79 Å². The van der Waals surface area contributed by atoms with Crippen LogP contribution in [0.25, 0.3) is 28.9 Å². The minimum absolute atomic E-state index is 0.194. The fraction of sp³-hybridized carbons (Fsp3) is 0. The topological polar surface area (TPSA) is 63.6 Å². The van der Waals surface area contributed by atoms with E-state index < -0.39 is 0 Å². The van der Waals surface area contributed by atoms with Crippen molar-refractivity contribution < 1.29 is 0 Å². The van der Waals surface area contributed by atoms with Gasteiger partial charge in [-0.25, -0.2) is 9.97 Å². The SMILES string of the molecule is O=c1[nH]c2ccccc2nc1/C=C/c1ccc(-n2ccnc2)cc1. The van der Waals surface area contributed by atoms with Gasteiger partial charge in [0.25, 0.3) is 5.56 Å². The molecule has 0 fully saturated rings. The predicted molar refractivity (Wildman–Crippen MR) is 94.9 cm³/mol. The van der Waals surface area contributed by atoms with E-state index in [0.29, 0.717) is 5.69 Å². The van der Waals surface area contributed by atoms with E-state index in [1.54, 1.807) is 18.6 Å². The molecule has 0 bridgehead atoms. The first-order chi connectivity index (χ1) is 11.8. The third-order valence-corrected chi connectivity index (χ3v) is 3.76. The average molecular weight is 314 g/mol. The summed E-state index contributed by atoms with van der Waals surface area (Å²) in [5, 5.41) is 0. The lowest BCUT2D eigenvalue weighted by molar-refractivity contribution is 1.06. The molecule has 0 radical (unpaired) electrons. The summed E-state index contributed by atoms with van der Waals surface area (Å²) in [6.45, 7) is 0. The molecule has 0 aliphatic carbocycles. The molecule has 0 amide bonds. The molecule has 0 saturated carbocycles. The summed E-state index contributed by atoms with van der Waals surface area (Å²) < 4.78 is 1.93. The molecule has 1 N–H and O–H groups in total. The van der Waals surface area contributed by atoms with E-state index in [-0.39, 0.29) is 5.56 Å². The molecule has 2 aromatic heterocycles. The molecule has 4 aromatic rings. The lowest BCUT2D eigenvalue weighted by Gasteiger charge is -2.02. The average Bonchev–Trinajstić information content (AvgIpc) is 3.15. The van der Waals surface area contributed by atoms with Crippen LogP contribution in [0.1, 0.15) is 11.3 Å². The molecule has 5 nitrogen and oxygen atoms in total. The largest absolute Gasteiger partial charge is 0.319 e. The number of aromatic nitrogens is 4. The Bertz CT molecular complexity index is 1060. The number of hydrogen-bond acceptors (Lipinski definition) is 3. The monoisotopic (exact) mass is 314 g/mol. The zero-order chi connectivity index (χ0) is 16.4. The number of aromatic amines is 1. The maximum atomic E-state index is 12.1. The van der Waals surface area contributed by atoms with Gasteiger partial charge in [0.15, 0.2) is 0 Å². The van der Waals surface area contributed by atoms with Crippen molar-refractivity contribution in [3.8, 4) is 5.69 Å². The lowest BCUT2D eigenvalue weighted by atomic mass is 10.2. The van der Waals surface area contributed by atoms with E-state index >= 15 is 0 Å². The molecule has 0 atom stereocenters. The Hall–Kier alpha value is -3.47. The van der Waals surface area contributed by atoms with Crippen LogP contribution in [-0.2, 0) is 0 Å². The van der Waals surface area contributed by atoms with Crippen LogP contribution in [0.5, 0.6) is 0 Å². The zero-order valence-corrected chi connectivity index (χ0v) is 12.8. The highest BCUT2D eigenvalue weighted by molar-refractivity contribution is 5.76. The van der Waals surface area contributed by atoms with Crippen molar-refractivity contribution in [3.63, 3.8) is 0 Å². The van der Waals surface area contributed by atoms with Crippen LogP contribution >= 0.6 is 0 Å². The van der Waals surface area contributed by atoms with Gasteiger partial charge in [-0.1, -0.05) is 30.3 Å². The van der Waals surface area contributed by atoms with E-state index in [1.807, 2.05) is 65.4 Å². The Morgan fingerprint density at radius 3 is 2.62 bits per heavy atom. The number of benzene rings is 2. The van der Waals surface area contributed by atoms with Crippen molar-refractivity contribution >= 4 is 23.2 Å². The summed E-state index contributed by atoms with van der Waals surface area (Å²) in [5.74, 6) is 0. The zero-order valence-electron chi connectivity index (χ0n) is 12.8. The fourth-order valence-electron chi connectivity index (χ4n) is 2.50. The third kappa shape index (κ3) is 2.75. The van der Waals surface area contributed by atoms with Crippen molar-refractivity contribution in [2.45, 2.75) is 0 Å². The summed E-state index contributed by atoms with van der Waals surface area (Å²) in [4.78, 5) is 23.4. The molecule has 0 saturated heterocycles. The molecule has 4 rings (SSSR count). The molecule has 2 aromatic carbocycles. The molecule has 24 heavy (non-hydrogen) atoms. The summed E-state index contributed by atoms with van der Waals surface area (Å²) in [6.07, 6.45) is 9.00. The fourth-order valence-corrected chi connectivity index (χ4v) is 2.50. The van der Waals surface area contributed by atoms with E-state index in [1.165, 1.54) is 0 Å². The number of imidazole rings is 1. The molecule has 5 heteroatoms. The molecule has 0 aliphatic heterocycles. The van der Waals surface area contributed by atoms with Gasteiger partial charge in [0.05, 0.1) is 17.4 Å². The van der Waals surface area contributed by atoms with Crippen molar-refractivity contribution in [2.75, 3.05) is 0 Å². The quantitative estimate of drug-likeness (QED) is 0.631. The van der Waals surface area contributed by atoms with Crippen LogP contribution in [0, 0.1) is 0 Å². The Balaban J connectivity index is 1.63. The molecule has 0 spiro atoms. The highest BCUT2D eigenvalue weighted by atomic mass is 16.1. The number of fused-ring (bicyclic) bond motifs is 1. The summed E-state index contributed by atoms with van der Waals surface area (Å²) in [7, 11) is 0. The second-order valence-corrected chi connectivity index (χ2v) is 5.36. The van der Waals surface area contributed by atoms with E-state index in [0.717, 1.165) is 22.3 Å². The predicted octanol–water partition coefficient (Wildman–Crippen LogP) is 3.28. The summed E-state index contributed by atoms with van der Waals surface area (Å²) >= 11 is 0. The molecule has 2 heterocycles. The van der Waals surface area contributed by atoms with Crippen LogP contribution in [0.4, 0.5) is 0 Å². The highest BCUT2D eigenvalue weighted by Crippen LogP contribution is 2.12. The molecule has 0 unspecified atom stereocenters. The minimum Gasteiger partial charge on any atom is -0.319 e. The first kappa shape index (κ1) is 14.1. The van der Waals surface area contributed by atoms with Gasteiger partial charge in [0.2, 0.25) is 0 Å². The number of para-hydroxylation sites is 2. The van der Waals surface area contributed by atoms with Crippen molar-refractivity contribution in [1.29, 1.82) is 0 Å². The van der Waals surface area contributed by atoms with Crippen LogP contribution in [-0.4, -0.2) is 19.5 Å². The Morgan fingerprint density at radius 2 is 1.83 bits per heavy atom. The van der Waals surface area contributed by atoms with Crippen molar-refractivity contribution in [3.05, 3.63) is 88.9 Å². The van der Waals surface area contributed by atoms with Crippen LogP contribution in [0.2, 0.25) is 0 Å². The number of rotatable bonds is 3. The van der Waals surface area contributed by atoms with Crippen molar-refractivity contribution in [1.82, 2.24) is 19.5 Å². The Kier molecular flexibility index (Phi) is 3.51. The van der Waals surface area contributed by atoms with Gasteiger partial charge in [-0.05, 0) is 35.9 Å². The number of nitrogens with zero attached hydrogens (tertiary/aromatic N) is 3. The van der Waals surface area contributed by atoms with Gasteiger partial charge >= 0.3 is 0 Å². The second-order valence-electron chi connectivity index (χ2n) is 5.36. The standard InChI is InChI=1S/C19H14N4O/c24-19-18(21-16-3-1-2-4-17(16)22-19)10-7-14-5-8-15(9-6-14)23-12-11-20-13-23/h1-13H,(H,22,24)/b10-7+. The van der Waals surface area contributed by atoms with Crippen LogP contribution < -0.4 is 5.56 Å². The van der Waals surface area contributed by atoms with E-state index in [4.69, 9.17) is 0 Å². The number of H-pyrrole nitrogens is 1. The minimum atomic E-state index is -0.194. The summed E-state index contributed by atoms with van der Waals surface area (Å²) in [5.41, 5.74) is 3.74. The third-order valence-electron chi connectivity index (χ3n) is 3.76. The van der Waals surface area contributed by atoms with Gasteiger partial charge in [0.1, 0.15) is 5.69 Å². The lowest BCUT2D eigenvalue weighted by Crippen LogP contribution is -2.11. The first-order valence-electron chi connectivity index (χ1n) is 7.55. The van der Waals surface area contributed by atoms with Gasteiger partial charge in [-0.2, -0.15) is 0 Å². The first-order valence-corrected chi connectivity index (χ1v) is 7.55. The van der Waals surface area contributed by atoms with Gasteiger partial charge < -0.3 is 9.55 Å². The highest BCUT2D eigenvalue weighted by Gasteiger charge is 2.01. The normalized spacial score (nSPS) is 11.3. The molecule has 116 valence electrons. The van der Waals surface area contributed by atoms with Gasteiger partial charge in [-0.3, -0.25) is 4.79 Å². The van der Waals surface area contributed by atoms with Crippen LogP contribution in [0.15, 0.2) is 72.0 Å². The van der Waals surface area contributed by atoms with Crippen LogP contribution in [0.3, 0.4) is 0 Å². The number of nitrogens with one attached hydrogen (secondary N) is 1. The van der Waals surface area contributed by atoms with Crippen molar-refractivity contribution in [2.24, 2.45) is 0 Å². The molecular weight excluding hydrogens is 300 g/mol. The Morgan fingerprint density at radius 1 is 1.00 bits per heavy atom. The molecule has 0 aliphatic rings. The maximum absolute atomic E-state index is 12.1. The molecular formula is C19H14N4O. The Labute approximate surface area is 138 Å². The van der Waals surface area contributed by atoms with E-state index in [2.05, 4.69) is 15.0 Å². The van der Waals surface area contributed by atoms with Gasteiger partial charge in [-0.15, -0.1) is 0 Å².